The maximum Gasteiger partial charge on any atom is 0.432 e. The second-order valence-corrected chi connectivity index (χ2v) is 3.63. The van der Waals surface area contributed by atoms with Crippen molar-refractivity contribution in [3.63, 3.8) is 0 Å². The zero-order chi connectivity index (χ0) is 12.6. The number of alkyl halides is 3. The van der Waals surface area contributed by atoms with E-state index >= 15 is 0 Å². The quantitative estimate of drug-likeness (QED) is 0.763. The molecular weight excluding hydrogens is 236 g/mol. The molecule has 2 rings (SSSR count). The van der Waals surface area contributed by atoms with Crippen molar-refractivity contribution in [2.45, 2.75) is 13.1 Å². The number of aryl methyl sites for hydroxylation is 1. The van der Waals surface area contributed by atoms with Crippen LogP contribution in [0.3, 0.4) is 0 Å². The van der Waals surface area contributed by atoms with Crippen LogP contribution in [0.5, 0.6) is 0 Å². The molecule has 0 fully saturated rings. The van der Waals surface area contributed by atoms with Gasteiger partial charge in [-0.05, 0) is 36.8 Å². The highest BCUT2D eigenvalue weighted by Crippen LogP contribution is 2.30. The molecule has 0 amide bonds. The van der Waals surface area contributed by atoms with Gasteiger partial charge in [0.15, 0.2) is 0 Å². The normalized spacial score (nSPS) is 11.8. The van der Waals surface area contributed by atoms with Gasteiger partial charge in [-0.1, -0.05) is 0 Å². The molecule has 0 saturated carbocycles. The number of aromatic amines is 1. The maximum atomic E-state index is 13.0. The van der Waals surface area contributed by atoms with E-state index in [-0.39, 0.29) is 5.69 Å². The summed E-state index contributed by atoms with van der Waals surface area (Å²) in [5.41, 5.74) is 0.0182. The van der Waals surface area contributed by atoms with Crippen molar-refractivity contribution in [3.05, 3.63) is 41.3 Å². The van der Waals surface area contributed by atoms with Gasteiger partial charge in [0, 0.05) is 5.56 Å². The van der Waals surface area contributed by atoms with Crippen LogP contribution in [-0.2, 0) is 6.18 Å². The third kappa shape index (κ3) is 2.30. The fourth-order valence-electron chi connectivity index (χ4n) is 1.42. The minimum atomic E-state index is -4.46. The minimum absolute atomic E-state index is 0.139. The van der Waals surface area contributed by atoms with Crippen molar-refractivity contribution in [3.8, 4) is 11.3 Å². The van der Waals surface area contributed by atoms with Gasteiger partial charge in [-0.3, -0.25) is 5.10 Å². The number of benzene rings is 1. The molecule has 0 bridgehead atoms. The number of nitrogens with zero attached hydrogens (tertiary/aromatic N) is 1. The van der Waals surface area contributed by atoms with Gasteiger partial charge in [-0.2, -0.15) is 18.3 Å². The first-order valence-corrected chi connectivity index (χ1v) is 4.77. The minimum Gasteiger partial charge on any atom is -0.273 e. The zero-order valence-electron chi connectivity index (χ0n) is 8.77. The van der Waals surface area contributed by atoms with E-state index < -0.39 is 17.7 Å². The monoisotopic (exact) mass is 244 g/mol. The Morgan fingerprint density at radius 3 is 2.41 bits per heavy atom. The van der Waals surface area contributed by atoms with E-state index in [2.05, 4.69) is 5.10 Å². The standard InChI is InChI=1S/C11H8F4N2/c1-6-4-7(2-3-8(6)12)9-5-10(17-16-9)11(13,14)15/h2-5H,1H3,(H,16,17). The van der Waals surface area contributed by atoms with Crippen molar-refractivity contribution in [2.24, 2.45) is 0 Å². The summed E-state index contributed by atoms with van der Waals surface area (Å²) >= 11 is 0. The van der Waals surface area contributed by atoms with Crippen molar-refractivity contribution >= 4 is 0 Å². The average Bonchev–Trinajstić information content (AvgIpc) is 2.70. The van der Waals surface area contributed by atoms with Crippen molar-refractivity contribution in [2.75, 3.05) is 0 Å². The van der Waals surface area contributed by atoms with Crippen LogP contribution in [0, 0.1) is 12.7 Å². The molecule has 0 atom stereocenters. The first-order chi connectivity index (χ1) is 7.88. The third-order valence-electron chi connectivity index (χ3n) is 2.34. The van der Waals surface area contributed by atoms with E-state index in [1.54, 1.807) is 0 Å². The predicted molar refractivity (Wildman–Crippen MR) is 53.7 cm³/mol. The largest absolute Gasteiger partial charge is 0.432 e. The van der Waals surface area contributed by atoms with Gasteiger partial charge in [-0.15, -0.1) is 0 Å². The van der Waals surface area contributed by atoms with Crippen LogP contribution in [0.2, 0.25) is 0 Å². The summed E-state index contributed by atoms with van der Waals surface area (Å²) in [7, 11) is 0. The topological polar surface area (TPSA) is 28.7 Å². The predicted octanol–water partition coefficient (Wildman–Crippen LogP) is 3.54. The smallest absolute Gasteiger partial charge is 0.273 e. The number of aromatic nitrogens is 2. The van der Waals surface area contributed by atoms with Crippen LogP contribution < -0.4 is 0 Å². The lowest BCUT2D eigenvalue weighted by atomic mass is 10.1. The molecule has 2 aromatic rings. The van der Waals surface area contributed by atoms with E-state index in [0.29, 0.717) is 11.1 Å². The Kier molecular flexibility index (Phi) is 2.65. The Morgan fingerprint density at radius 1 is 1.18 bits per heavy atom. The highest BCUT2D eigenvalue weighted by Gasteiger charge is 2.33. The molecule has 90 valence electrons. The summed E-state index contributed by atoms with van der Waals surface area (Å²) < 4.78 is 50.0. The Hall–Kier alpha value is -1.85. The summed E-state index contributed by atoms with van der Waals surface area (Å²) in [6, 6.07) is 4.93. The molecule has 1 heterocycles. The van der Waals surface area contributed by atoms with Crippen LogP contribution in [0.4, 0.5) is 17.6 Å². The maximum absolute atomic E-state index is 13.0. The van der Waals surface area contributed by atoms with Crippen LogP contribution in [-0.4, -0.2) is 10.2 Å². The van der Waals surface area contributed by atoms with Crippen molar-refractivity contribution < 1.29 is 17.6 Å². The first-order valence-electron chi connectivity index (χ1n) is 4.77. The van der Waals surface area contributed by atoms with Gasteiger partial charge in [0.2, 0.25) is 0 Å². The molecule has 17 heavy (non-hydrogen) atoms. The highest BCUT2D eigenvalue weighted by atomic mass is 19.4. The molecule has 0 unspecified atom stereocenters. The lowest BCUT2D eigenvalue weighted by molar-refractivity contribution is -0.141. The summed E-state index contributed by atoms with van der Waals surface area (Å²) in [5.74, 6) is -0.402. The third-order valence-corrected chi connectivity index (χ3v) is 2.34. The summed E-state index contributed by atoms with van der Waals surface area (Å²) in [5, 5.41) is 5.47. The summed E-state index contributed by atoms with van der Waals surface area (Å²) in [4.78, 5) is 0. The molecule has 2 nitrogen and oxygen atoms in total. The summed E-state index contributed by atoms with van der Waals surface area (Å²) in [6.07, 6.45) is -4.46. The highest BCUT2D eigenvalue weighted by molar-refractivity contribution is 5.60. The fourth-order valence-corrected chi connectivity index (χ4v) is 1.42. The van der Waals surface area contributed by atoms with Gasteiger partial charge >= 0.3 is 6.18 Å². The van der Waals surface area contributed by atoms with Gasteiger partial charge in [-0.25, -0.2) is 4.39 Å². The molecular formula is C11H8F4N2. The lowest BCUT2D eigenvalue weighted by Gasteiger charge is -2.00. The zero-order valence-corrected chi connectivity index (χ0v) is 8.77. The van der Waals surface area contributed by atoms with Gasteiger partial charge < -0.3 is 0 Å². The first kappa shape index (κ1) is 11.6. The van der Waals surface area contributed by atoms with Crippen LogP contribution >= 0.6 is 0 Å². The Morgan fingerprint density at radius 2 is 1.88 bits per heavy atom. The van der Waals surface area contributed by atoms with Crippen LogP contribution in [0.1, 0.15) is 11.3 Å². The molecule has 0 aliphatic rings. The molecule has 0 aliphatic heterocycles. The molecule has 0 aliphatic carbocycles. The molecule has 6 heteroatoms. The van der Waals surface area contributed by atoms with E-state index in [0.717, 1.165) is 6.07 Å². The Balaban J connectivity index is 2.40. The second kappa shape index (κ2) is 3.87. The molecule has 1 N–H and O–H groups in total. The Bertz CT molecular complexity index is 543. The van der Waals surface area contributed by atoms with E-state index in [1.165, 1.54) is 25.1 Å². The summed E-state index contributed by atoms with van der Waals surface area (Å²) in [6.45, 7) is 1.54. The Labute approximate surface area is 94.3 Å². The van der Waals surface area contributed by atoms with E-state index in [4.69, 9.17) is 0 Å². The number of nitrogens with one attached hydrogen (secondary N) is 1. The number of H-pyrrole nitrogens is 1. The fraction of sp³-hybridized carbons (Fsp3) is 0.182. The van der Waals surface area contributed by atoms with E-state index in [1.807, 2.05) is 5.10 Å². The second-order valence-electron chi connectivity index (χ2n) is 3.63. The van der Waals surface area contributed by atoms with Crippen LogP contribution in [0.15, 0.2) is 24.3 Å². The van der Waals surface area contributed by atoms with Gasteiger partial charge in [0.25, 0.3) is 0 Å². The van der Waals surface area contributed by atoms with Crippen LogP contribution in [0.25, 0.3) is 11.3 Å². The average molecular weight is 244 g/mol. The number of rotatable bonds is 1. The molecule has 1 aromatic carbocycles. The van der Waals surface area contributed by atoms with Gasteiger partial charge in [0.05, 0.1) is 5.69 Å². The van der Waals surface area contributed by atoms with Crippen molar-refractivity contribution in [1.29, 1.82) is 0 Å². The molecule has 1 aromatic heterocycles. The molecule has 0 saturated heterocycles. The lowest BCUT2D eigenvalue weighted by Crippen LogP contribution is -2.04. The molecule has 0 radical (unpaired) electrons. The molecule has 0 spiro atoms. The number of halogens is 4. The van der Waals surface area contributed by atoms with Gasteiger partial charge in [0.1, 0.15) is 11.5 Å². The number of hydrogen-bond donors (Lipinski definition) is 1. The van der Waals surface area contributed by atoms with E-state index in [9.17, 15) is 17.6 Å². The SMILES string of the molecule is Cc1cc(-c2cc(C(F)(F)F)[nH]n2)ccc1F. The van der Waals surface area contributed by atoms with Crippen molar-refractivity contribution in [1.82, 2.24) is 10.2 Å². The number of hydrogen-bond acceptors (Lipinski definition) is 1.